The van der Waals surface area contributed by atoms with Crippen LogP contribution in [0.15, 0.2) is 30.6 Å². The second-order valence-electron chi connectivity index (χ2n) is 3.45. The number of amides is 1. The fourth-order valence-corrected chi connectivity index (χ4v) is 1.37. The van der Waals surface area contributed by atoms with E-state index in [1.807, 2.05) is 0 Å². The van der Waals surface area contributed by atoms with Gasteiger partial charge in [0.15, 0.2) is 0 Å². The zero-order chi connectivity index (χ0) is 13.8. The second-order valence-corrected chi connectivity index (χ2v) is 3.45. The summed E-state index contributed by atoms with van der Waals surface area (Å²) in [5, 5.41) is 20.2. The highest BCUT2D eigenvalue weighted by Gasteiger charge is 2.21. The van der Waals surface area contributed by atoms with Gasteiger partial charge in [-0.25, -0.2) is 4.98 Å². The molecule has 0 spiro atoms. The summed E-state index contributed by atoms with van der Waals surface area (Å²) in [6.45, 7) is 0. The molecule has 0 aliphatic heterocycles. The van der Waals surface area contributed by atoms with Gasteiger partial charge in [-0.1, -0.05) is 0 Å². The fraction of sp³-hybridized carbons (Fsp3) is 0. The first kappa shape index (κ1) is 12.4. The Morgan fingerprint density at radius 3 is 2.79 bits per heavy atom. The highest BCUT2D eigenvalue weighted by atomic mass is 16.6. The minimum Gasteiger partial charge on any atom is -0.399 e. The van der Waals surface area contributed by atoms with E-state index in [0.717, 1.165) is 6.07 Å². The number of nitrogen functional groups attached to an aromatic ring is 1. The lowest BCUT2D eigenvalue weighted by Crippen LogP contribution is -2.16. The summed E-state index contributed by atoms with van der Waals surface area (Å²) in [5.41, 5.74) is 5.23. The van der Waals surface area contributed by atoms with Crippen LogP contribution in [0, 0.1) is 10.1 Å². The van der Waals surface area contributed by atoms with Gasteiger partial charge < -0.3 is 5.73 Å². The molecule has 0 bridgehead atoms. The summed E-state index contributed by atoms with van der Waals surface area (Å²) in [6, 6.07) is 3.72. The third-order valence-corrected chi connectivity index (χ3v) is 2.17. The third-order valence-electron chi connectivity index (χ3n) is 2.17. The van der Waals surface area contributed by atoms with Crippen LogP contribution in [0.1, 0.15) is 10.4 Å². The molecular formula is C10H8N6O3. The highest BCUT2D eigenvalue weighted by Crippen LogP contribution is 2.21. The van der Waals surface area contributed by atoms with Gasteiger partial charge in [-0.3, -0.25) is 20.2 Å². The maximum absolute atomic E-state index is 11.9. The van der Waals surface area contributed by atoms with Crippen LogP contribution in [0.3, 0.4) is 0 Å². The Labute approximate surface area is 106 Å². The van der Waals surface area contributed by atoms with E-state index < -0.39 is 10.8 Å². The second kappa shape index (κ2) is 5.04. The van der Waals surface area contributed by atoms with Crippen molar-refractivity contribution in [2.45, 2.75) is 0 Å². The van der Waals surface area contributed by atoms with Crippen LogP contribution < -0.4 is 11.1 Å². The lowest BCUT2D eigenvalue weighted by atomic mass is 10.1. The fourth-order valence-electron chi connectivity index (χ4n) is 1.37. The number of nitro benzene ring substituents is 1. The van der Waals surface area contributed by atoms with Crippen LogP contribution in [-0.4, -0.2) is 26.0 Å². The lowest BCUT2D eigenvalue weighted by Gasteiger charge is -2.04. The smallest absolute Gasteiger partial charge is 0.282 e. The van der Waals surface area contributed by atoms with E-state index in [0.29, 0.717) is 0 Å². The molecule has 96 valence electrons. The number of hydrogen-bond donors (Lipinski definition) is 2. The maximum atomic E-state index is 11.9. The van der Waals surface area contributed by atoms with E-state index in [-0.39, 0.29) is 22.9 Å². The molecule has 3 N–H and O–H groups in total. The quantitative estimate of drug-likeness (QED) is 0.468. The molecule has 0 saturated carbocycles. The number of benzene rings is 1. The summed E-state index contributed by atoms with van der Waals surface area (Å²) in [4.78, 5) is 25.8. The van der Waals surface area contributed by atoms with E-state index in [1.54, 1.807) is 0 Å². The van der Waals surface area contributed by atoms with Crippen molar-refractivity contribution in [1.82, 2.24) is 15.2 Å². The first-order valence-corrected chi connectivity index (χ1v) is 5.07. The minimum atomic E-state index is -0.730. The number of aromatic nitrogens is 3. The Balaban J connectivity index is 2.33. The molecule has 0 aliphatic rings. The number of carbonyl (C=O) groups is 1. The Bertz CT molecular complexity index is 630. The van der Waals surface area contributed by atoms with E-state index >= 15 is 0 Å². The van der Waals surface area contributed by atoms with Crippen molar-refractivity contribution in [3.05, 3.63) is 46.3 Å². The van der Waals surface area contributed by atoms with Crippen LogP contribution in [0.2, 0.25) is 0 Å². The Kier molecular flexibility index (Phi) is 3.28. The molecule has 0 aliphatic carbocycles. The molecule has 19 heavy (non-hydrogen) atoms. The van der Waals surface area contributed by atoms with Crippen LogP contribution in [0.25, 0.3) is 0 Å². The van der Waals surface area contributed by atoms with Gasteiger partial charge in [-0.2, -0.15) is 5.10 Å². The van der Waals surface area contributed by atoms with Crippen molar-refractivity contribution >= 4 is 23.2 Å². The predicted octanol–water partition coefficient (Wildman–Crippen LogP) is 0.614. The Morgan fingerprint density at radius 2 is 2.16 bits per heavy atom. The molecule has 0 atom stereocenters. The normalized spacial score (nSPS) is 9.89. The van der Waals surface area contributed by atoms with Crippen LogP contribution in [-0.2, 0) is 0 Å². The van der Waals surface area contributed by atoms with Crippen molar-refractivity contribution in [3.63, 3.8) is 0 Å². The number of nitro groups is 1. The van der Waals surface area contributed by atoms with Gasteiger partial charge in [-0.05, 0) is 12.1 Å². The molecule has 0 unspecified atom stereocenters. The SMILES string of the molecule is Nc1ccc([N+](=O)[O-])c(C(=O)Nc2nccnn2)c1. The average Bonchev–Trinajstić information content (AvgIpc) is 2.39. The molecule has 1 aromatic heterocycles. The number of carbonyl (C=O) groups excluding carboxylic acids is 1. The van der Waals surface area contributed by atoms with Crippen molar-refractivity contribution in [3.8, 4) is 0 Å². The van der Waals surface area contributed by atoms with Gasteiger partial charge in [0.1, 0.15) is 5.56 Å². The number of rotatable bonds is 3. The number of nitrogens with two attached hydrogens (primary N) is 1. The van der Waals surface area contributed by atoms with E-state index in [9.17, 15) is 14.9 Å². The summed E-state index contributed by atoms with van der Waals surface area (Å²) in [5.74, 6) is -0.781. The molecule has 9 heteroatoms. The van der Waals surface area contributed by atoms with Crippen molar-refractivity contribution in [2.24, 2.45) is 0 Å². The molecule has 1 aromatic carbocycles. The number of nitrogens with zero attached hydrogens (tertiary/aromatic N) is 4. The topological polar surface area (TPSA) is 137 Å². The molecule has 0 fully saturated rings. The zero-order valence-corrected chi connectivity index (χ0v) is 9.48. The van der Waals surface area contributed by atoms with Gasteiger partial charge in [0.05, 0.1) is 17.3 Å². The van der Waals surface area contributed by atoms with Gasteiger partial charge in [0.25, 0.3) is 11.6 Å². The molecule has 1 heterocycles. The monoisotopic (exact) mass is 260 g/mol. The van der Waals surface area contributed by atoms with E-state index in [1.165, 1.54) is 24.5 Å². The molecule has 0 radical (unpaired) electrons. The standard InChI is InChI=1S/C10H8N6O3/c11-6-1-2-8(16(18)19)7(5-6)9(17)14-10-12-3-4-13-15-10/h1-5H,11H2,(H,12,14,15,17). The summed E-state index contributed by atoms with van der Waals surface area (Å²) in [6.07, 6.45) is 2.66. The highest BCUT2D eigenvalue weighted by molar-refractivity contribution is 6.06. The molecule has 2 aromatic rings. The molecular weight excluding hydrogens is 252 g/mol. The zero-order valence-electron chi connectivity index (χ0n) is 9.48. The van der Waals surface area contributed by atoms with Gasteiger partial charge >= 0.3 is 0 Å². The van der Waals surface area contributed by atoms with Crippen LogP contribution in [0.5, 0.6) is 0 Å². The predicted molar refractivity (Wildman–Crippen MR) is 65.3 cm³/mol. The number of nitrogens with one attached hydrogen (secondary N) is 1. The third kappa shape index (κ3) is 2.77. The lowest BCUT2D eigenvalue weighted by molar-refractivity contribution is -0.385. The van der Waals surface area contributed by atoms with Gasteiger partial charge in [-0.15, -0.1) is 5.10 Å². The van der Waals surface area contributed by atoms with Gasteiger partial charge in [0, 0.05) is 11.8 Å². The number of anilines is 2. The Morgan fingerprint density at radius 1 is 1.37 bits per heavy atom. The summed E-state index contributed by atoms with van der Waals surface area (Å²) >= 11 is 0. The minimum absolute atomic E-state index is 0.0516. The first-order chi connectivity index (χ1) is 9.08. The molecule has 1 amide bonds. The molecule has 0 saturated heterocycles. The summed E-state index contributed by atoms with van der Waals surface area (Å²) in [7, 11) is 0. The molecule has 9 nitrogen and oxygen atoms in total. The number of hydrogen-bond acceptors (Lipinski definition) is 7. The van der Waals surface area contributed by atoms with E-state index in [2.05, 4.69) is 20.5 Å². The largest absolute Gasteiger partial charge is 0.399 e. The van der Waals surface area contributed by atoms with Crippen LogP contribution in [0.4, 0.5) is 17.3 Å². The molecule has 2 rings (SSSR count). The van der Waals surface area contributed by atoms with Crippen molar-refractivity contribution < 1.29 is 9.72 Å². The first-order valence-electron chi connectivity index (χ1n) is 5.07. The average molecular weight is 260 g/mol. The summed E-state index contributed by atoms with van der Waals surface area (Å²) < 4.78 is 0. The van der Waals surface area contributed by atoms with Crippen molar-refractivity contribution in [1.29, 1.82) is 0 Å². The maximum Gasteiger partial charge on any atom is 0.282 e. The van der Waals surface area contributed by atoms with E-state index in [4.69, 9.17) is 5.73 Å². The van der Waals surface area contributed by atoms with Crippen molar-refractivity contribution in [2.75, 3.05) is 11.1 Å². The Hall–Kier alpha value is -3.10. The van der Waals surface area contributed by atoms with Crippen LogP contribution >= 0.6 is 0 Å². The van der Waals surface area contributed by atoms with Gasteiger partial charge in [0.2, 0.25) is 5.95 Å².